The first-order valence-electron chi connectivity index (χ1n) is 8.11. The SMILES string of the molecule is CCC(CC)(CNC(C)C)CN1Cc2ccccc2C1. The van der Waals surface area contributed by atoms with Crippen LogP contribution in [-0.4, -0.2) is 24.0 Å². The maximum Gasteiger partial charge on any atom is 0.0240 e. The van der Waals surface area contributed by atoms with E-state index in [1.165, 1.54) is 30.5 Å². The number of nitrogens with one attached hydrogen (secondary N) is 1. The highest BCUT2D eigenvalue weighted by atomic mass is 15.1. The molecule has 0 atom stereocenters. The zero-order valence-electron chi connectivity index (χ0n) is 13.6. The van der Waals surface area contributed by atoms with Crippen molar-refractivity contribution >= 4 is 0 Å². The standard InChI is InChI=1S/C18H30N2/c1-5-18(6-2,13-19-15(3)4)14-20-11-16-9-7-8-10-17(16)12-20/h7-10,15,19H,5-6,11-14H2,1-4H3. The number of nitrogens with zero attached hydrogens (tertiary/aromatic N) is 1. The summed E-state index contributed by atoms with van der Waals surface area (Å²) in [5.74, 6) is 0. The highest BCUT2D eigenvalue weighted by Gasteiger charge is 2.31. The van der Waals surface area contributed by atoms with Gasteiger partial charge in [0.2, 0.25) is 0 Å². The van der Waals surface area contributed by atoms with Crippen LogP contribution in [0.2, 0.25) is 0 Å². The van der Waals surface area contributed by atoms with Gasteiger partial charge in [-0.3, -0.25) is 4.90 Å². The molecule has 0 bridgehead atoms. The zero-order chi connectivity index (χ0) is 14.6. The smallest absolute Gasteiger partial charge is 0.0240 e. The lowest BCUT2D eigenvalue weighted by Gasteiger charge is -2.36. The van der Waals surface area contributed by atoms with Crippen LogP contribution in [0.3, 0.4) is 0 Å². The Balaban J connectivity index is 1.99. The molecule has 20 heavy (non-hydrogen) atoms. The molecule has 112 valence electrons. The predicted molar refractivity (Wildman–Crippen MR) is 86.7 cm³/mol. The fourth-order valence-electron chi connectivity index (χ4n) is 3.19. The number of rotatable bonds is 7. The minimum atomic E-state index is 0.409. The summed E-state index contributed by atoms with van der Waals surface area (Å²) in [6.07, 6.45) is 2.49. The van der Waals surface area contributed by atoms with E-state index in [2.05, 4.69) is 62.2 Å². The zero-order valence-corrected chi connectivity index (χ0v) is 13.6. The topological polar surface area (TPSA) is 15.3 Å². The summed E-state index contributed by atoms with van der Waals surface area (Å²) >= 11 is 0. The Morgan fingerprint density at radius 3 is 2.10 bits per heavy atom. The quantitative estimate of drug-likeness (QED) is 0.813. The third-order valence-corrected chi connectivity index (χ3v) is 4.85. The maximum atomic E-state index is 3.66. The fraction of sp³-hybridized carbons (Fsp3) is 0.667. The molecule has 1 aromatic rings. The highest BCUT2D eigenvalue weighted by molar-refractivity contribution is 5.30. The van der Waals surface area contributed by atoms with Crippen molar-refractivity contribution in [3.05, 3.63) is 35.4 Å². The van der Waals surface area contributed by atoms with E-state index in [1.807, 2.05) is 0 Å². The second kappa shape index (κ2) is 6.73. The van der Waals surface area contributed by atoms with Gasteiger partial charge in [-0.15, -0.1) is 0 Å². The van der Waals surface area contributed by atoms with Crippen molar-refractivity contribution in [2.45, 2.75) is 59.7 Å². The van der Waals surface area contributed by atoms with Crippen LogP contribution in [0.5, 0.6) is 0 Å². The van der Waals surface area contributed by atoms with Crippen LogP contribution in [0.15, 0.2) is 24.3 Å². The molecule has 0 unspecified atom stereocenters. The molecule has 0 amide bonds. The summed E-state index contributed by atoms with van der Waals surface area (Å²) < 4.78 is 0. The highest BCUT2D eigenvalue weighted by Crippen LogP contribution is 2.31. The summed E-state index contributed by atoms with van der Waals surface area (Å²) in [5, 5.41) is 3.66. The summed E-state index contributed by atoms with van der Waals surface area (Å²) in [6.45, 7) is 13.7. The molecule has 1 N–H and O–H groups in total. The van der Waals surface area contributed by atoms with Gasteiger partial charge < -0.3 is 5.32 Å². The van der Waals surface area contributed by atoms with E-state index in [0.717, 1.165) is 19.6 Å². The molecule has 0 radical (unpaired) electrons. The first-order valence-corrected chi connectivity index (χ1v) is 8.11. The van der Waals surface area contributed by atoms with Crippen LogP contribution in [0, 0.1) is 5.41 Å². The second-order valence-corrected chi connectivity index (χ2v) is 6.66. The molecule has 2 heteroatoms. The van der Waals surface area contributed by atoms with Gasteiger partial charge in [0.05, 0.1) is 0 Å². The molecule has 1 aromatic carbocycles. The lowest BCUT2D eigenvalue weighted by molar-refractivity contribution is 0.131. The van der Waals surface area contributed by atoms with Crippen LogP contribution in [-0.2, 0) is 13.1 Å². The summed E-state index contributed by atoms with van der Waals surface area (Å²) in [6, 6.07) is 9.46. The van der Waals surface area contributed by atoms with Crippen LogP contribution in [0.1, 0.15) is 51.7 Å². The fourth-order valence-corrected chi connectivity index (χ4v) is 3.19. The first kappa shape index (κ1) is 15.5. The molecule has 2 nitrogen and oxygen atoms in total. The Kier molecular flexibility index (Phi) is 5.22. The molecule has 0 aliphatic carbocycles. The average molecular weight is 274 g/mol. The Bertz CT molecular complexity index is 396. The monoisotopic (exact) mass is 274 g/mol. The Hall–Kier alpha value is -0.860. The Labute approximate surface area is 124 Å². The van der Waals surface area contributed by atoms with E-state index in [-0.39, 0.29) is 0 Å². The molecule has 0 aromatic heterocycles. The lowest BCUT2D eigenvalue weighted by atomic mass is 9.81. The summed E-state index contributed by atoms with van der Waals surface area (Å²) in [7, 11) is 0. The Morgan fingerprint density at radius 1 is 1.10 bits per heavy atom. The van der Waals surface area contributed by atoms with E-state index >= 15 is 0 Å². The first-order chi connectivity index (χ1) is 9.58. The van der Waals surface area contributed by atoms with Crippen molar-refractivity contribution in [1.29, 1.82) is 0 Å². The normalized spacial score (nSPS) is 15.8. The van der Waals surface area contributed by atoms with Gasteiger partial charge in [0, 0.05) is 32.2 Å². The van der Waals surface area contributed by atoms with Gasteiger partial charge in [-0.05, 0) is 29.4 Å². The minimum absolute atomic E-state index is 0.409. The van der Waals surface area contributed by atoms with Crippen molar-refractivity contribution in [1.82, 2.24) is 10.2 Å². The van der Waals surface area contributed by atoms with Crippen LogP contribution < -0.4 is 5.32 Å². The number of hydrogen-bond donors (Lipinski definition) is 1. The predicted octanol–water partition coefficient (Wildman–Crippen LogP) is 3.81. The van der Waals surface area contributed by atoms with Crippen molar-refractivity contribution in [3.63, 3.8) is 0 Å². The third kappa shape index (κ3) is 3.62. The molecule has 2 rings (SSSR count). The van der Waals surface area contributed by atoms with Gasteiger partial charge in [0.1, 0.15) is 0 Å². The largest absolute Gasteiger partial charge is 0.314 e. The van der Waals surface area contributed by atoms with E-state index in [1.54, 1.807) is 0 Å². The molecule has 1 aliphatic heterocycles. The van der Waals surface area contributed by atoms with Gasteiger partial charge in [-0.2, -0.15) is 0 Å². The molecule has 1 heterocycles. The van der Waals surface area contributed by atoms with Gasteiger partial charge >= 0.3 is 0 Å². The molecular weight excluding hydrogens is 244 g/mol. The molecule has 0 saturated carbocycles. The number of hydrogen-bond acceptors (Lipinski definition) is 2. The maximum absolute atomic E-state index is 3.66. The van der Waals surface area contributed by atoms with Crippen molar-refractivity contribution in [2.24, 2.45) is 5.41 Å². The second-order valence-electron chi connectivity index (χ2n) is 6.66. The van der Waals surface area contributed by atoms with E-state index in [4.69, 9.17) is 0 Å². The van der Waals surface area contributed by atoms with Crippen LogP contribution >= 0.6 is 0 Å². The van der Waals surface area contributed by atoms with Crippen molar-refractivity contribution < 1.29 is 0 Å². The van der Waals surface area contributed by atoms with E-state index in [9.17, 15) is 0 Å². The van der Waals surface area contributed by atoms with Crippen molar-refractivity contribution in [3.8, 4) is 0 Å². The molecule has 1 aliphatic rings. The molecule has 0 spiro atoms. The van der Waals surface area contributed by atoms with Gasteiger partial charge in [-0.25, -0.2) is 0 Å². The van der Waals surface area contributed by atoms with Gasteiger partial charge in [-0.1, -0.05) is 52.0 Å². The summed E-state index contributed by atoms with van der Waals surface area (Å²) in [4.78, 5) is 2.62. The third-order valence-electron chi connectivity index (χ3n) is 4.85. The molecule has 0 fully saturated rings. The van der Waals surface area contributed by atoms with E-state index in [0.29, 0.717) is 11.5 Å². The van der Waals surface area contributed by atoms with E-state index < -0.39 is 0 Å². The van der Waals surface area contributed by atoms with Crippen LogP contribution in [0.4, 0.5) is 0 Å². The Morgan fingerprint density at radius 2 is 1.65 bits per heavy atom. The molecule has 0 saturated heterocycles. The lowest BCUT2D eigenvalue weighted by Crippen LogP contribution is -2.43. The summed E-state index contributed by atoms with van der Waals surface area (Å²) in [5.41, 5.74) is 3.45. The number of benzene rings is 1. The van der Waals surface area contributed by atoms with Gasteiger partial charge in [0.15, 0.2) is 0 Å². The average Bonchev–Trinajstić information content (AvgIpc) is 2.85. The van der Waals surface area contributed by atoms with Gasteiger partial charge in [0.25, 0.3) is 0 Å². The number of fused-ring (bicyclic) bond motifs is 1. The minimum Gasteiger partial charge on any atom is -0.314 e. The molecular formula is C18H30N2. The van der Waals surface area contributed by atoms with Crippen molar-refractivity contribution in [2.75, 3.05) is 13.1 Å². The van der Waals surface area contributed by atoms with Crippen LogP contribution in [0.25, 0.3) is 0 Å².